The first kappa shape index (κ1) is 16.6. The van der Waals surface area contributed by atoms with Gasteiger partial charge in [0.1, 0.15) is 0 Å². The van der Waals surface area contributed by atoms with E-state index in [1.54, 1.807) is 0 Å². The molecular formula is CH6BrCsINPb. The number of hydrogen-bond acceptors (Lipinski definition) is 1. The Morgan fingerprint density at radius 3 is 1.67 bits per heavy atom. The second kappa shape index (κ2) is 22.9. The second-order valence-electron chi connectivity index (χ2n) is 0.0714. The molecule has 34 valence electrons. The molecule has 0 bridgehead atoms. The first-order valence-corrected chi connectivity index (χ1v) is 20.3. The minimum atomic E-state index is -0.134. The molecule has 0 unspecified atom stereocenters. The fourth-order valence-electron chi connectivity index (χ4n) is 0. The molecule has 0 fully saturated rings. The topological polar surface area (TPSA) is 26.0 Å². The van der Waals surface area contributed by atoms with Crippen LogP contribution in [0.25, 0.3) is 0 Å². The van der Waals surface area contributed by atoms with E-state index in [0.717, 1.165) is 0 Å². The maximum atomic E-state index is 4.50. The Kier molecular flexibility index (Phi) is 63.5. The van der Waals surface area contributed by atoms with Crippen molar-refractivity contribution in [2.75, 3.05) is 7.05 Å². The molecule has 0 amide bonds. The standard InChI is InChI=1S/CH5N.BrH.Cs.HI.Pb.H/c1-2;;;;;/h2H2,1H3;1H;;1H;;/q;;;;+2;/p-2. The fraction of sp³-hybridized carbons (Fsp3) is 1.00. The van der Waals surface area contributed by atoms with Crippen LogP contribution < -0.4 is 5.73 Å². The van der Waals surface area contributed by atoms with Crippen LogP contribution in [-0.4, -0.2) is 93.5 Å². The van der Waals surface area contributed by atoms with Crippen LogP contribution in [0.4, 0.5) is 0 Å². The zero-order chi connectivity index (χ0) is 4.71. The van der Waals surface area contributed by atoms with E-state index in [-0.39, 0.29) is 86.4 Å². The van der Waals surface area contributed by atoms with E-state index in [0.29, 0.717) is 0 Å². The van der Waals surface area contributed by atoms with Crippen molar-refractivity contribution >= 4 is 116 Å². The molecule has 0 aromatic carbocycles. The molecule has 0 spiro atoms. The molecule has 0 aliphatic heterocycles. The van der Waals surface area contributed by atoms with Gasteiger partial charge < -0.3 is 5.73 Å². The van der Waals surface area contributed by atoms with E-state index in [1.165, 1.54) is 7.05 Å². The number of nitrogens with two attached hydrogens (primary N) is 1. The molecule has 0 saturated carbocycles. The van der Waals surface area contributed by atoms with Gasteiger partial charge in [-0.15, -0.1) is 0 Å². The Morgan fingerprint density at radius 1 is 1.67 bits per heavy atom. The van der Waals surface area contributed by atoms with Gasteiger partial charge >= 0.3 is 116 Å². The molecule has 0 aliphatic rings. The summed E-state index contributed by atoms with van der Waals surface area (Å²) in [7, 11) is 1.50. The SMILES string of the molecule is CN.[Br][Pb][I].[CsH]. The fourth-order valence-corrected chi connectivity index (χ4v) is 0. The molecule has 1 nitrogen and oxygen atoms in total. The monoisotopic (exact) mass is 579 g/mol. The Bertz CT molecular complexity index is 15.5. The zero-order valence-electron chi connectivity index (χ0n) is 2.83. The summed E-state index contributed by atoms with van der Waals surface area (Å²) in [6, 6.07) is 0. The van der Waals surface area contributed by atoms with E-state index in [4.69, 9.17) is 0 Å². The average molecular weight is 579 g/mol. The minimum absolute atomic E-state index is 0. The van der Waals surface area contributed by atoms with Crippen LogP contribution in [0.2, 0.25) is 0 Å². The van der Waals surface area contributed by atoms with Crippen molar-refractivity contribution in [1.29, 1.82) is 0 Å². The molecule has 5 heteroatoms. The van der Waals surface area contributed by atoms with Crippen molar-refractivity contribution in [3.05, 3.63) is 0 Å². The van der Waals surface area contributed by atoms with Crippen molar-refractivity contribution in [1.82, 2.24) is 0 Å². The van der Waals surface area contributed by atoms with Crippen molar-refractivity contribution in [2.24, 2.45) is 5.73 Å². The molecule has 0 heterocycles. The van der Waals surface area contributed by atoms with Gasteiger partial charge in [0.2, 0.25) is 0 Å². The predicted molar refractivity (Wildman–Crippen MR) is 46.0 cm³/mol. The summed E-state index contributed by atoms with van der Waals surface area (Å²) in [5.74, 6) is 0. The van der Waals surface area contributed by atoms with E-state index in [2.05, 4.69) is 35.5 Å². The first-order chi connectivity index (χ1) is 2.41. The van der Waals surface area contributed by atoms with E-state index in [1.807, 2.05) is 0 Å². The van der Waals surface area contributed by atoms with Gasteiger partial charge in [-0.05, 0) is 7.05 Å². The summed E-state index contributed by atoms with van der Waals surface area (Å²) < 4.78 is 0. The molecule has 0 saturated heterocycles. The number of rotatable bonds is 0. The Balaban J connectivity index is -0.0000000275. The summed E-state index contributed by atoms with van der Waals surface area (Å²) in [5, 5.41) is 0. The van der Waals surface area contributed by atoms with Gasteiger partial charge in [0.15, 0.2) is 0 Å². The van der Waals surface area contributed by atoms with Gasteiger partial charge in [0, 0.05) is 0 Å². The molecule has 0 aromatic rings. The summed E-state index contributed by atoms with van der Waals surface area (Å²) in [6.07, 6.45) is 0. The average Bonchev–Trinajstić information content (AvgIpc) is 1.46. The molecular weight excluding hydrogens is 573 g/mol. The molecule has 2 N–H and O–H groups in total. The van der Waals surface area contributed by atoms with Crippen LogP contribution >= 0.6 is 29.7 Å². The Hall–Kier alpha value is 4.14. The van der Waals surface area contributed by atoms with Gasteiger partial charge in [0.05, 0.1) is 0 Å². The van der Waals surface area contributed by atoms with Gasteiger partial charge in [-0.3, -0.25) is 0 Å². The molecule has 2 radical (unpaired) electrons. The van der Waals surface area contributed by atoms with Crippen molar-refractivity contribution < 1.29 is 0 Å². The van der Waals surface area contributed by atoms with Crippen molar-refractivity contribution in [2.45, 2.75) is 0 Å². The Morgan fingerprint density at radius 2 is 1.67 bits per heavy atom. The molecule has 0 aliphatic carbocycles. The van der Waals surface area contributed by atoms with E-state index in [9.17, 15) is 0 Å². The van der Waals surface area contributed by atoms with Crippen LogP contribution in [-0.2, 0) is 0 Å². The van der Waals surface area contributed by atoms with Crippen LogP contribution in [0.5, 0.6) is 0 Å². The van der Waals surface area contributed by atoms with E-state index >= 15 is 0 Å². The molecule has 0 aromatic heterocycles. The third-order valence-electron chi connectivity index (χ3n) is 0. The van der Waals surface area contributed by atoms with Crippen LogP contribution in [0.3, 0.4) is 0 Å². The van der Waals surface area contributed by atoms with Crippen LogP contribution in [0, 0.1) is 0 Å². The van der Waals surface area contributed by atoms with Crippen LogP contribution in [0.1, 0.15) is 0 Å². The van der Waals surface area contributed by atoms with Gasteiger partial charge in [-0.2, -0.15) is 0 Å². The number of halogens is 2. The quantitative estimate of drug-likeness (QED) is 0.324. The summed E-state index contributed by atoms with van der Waals surface area (Å²) in [6.45, 7) is 0. The van der Waals surface area contributed by atoms with Gasteiger partial charge in [0.25, 0.3) is 0 Å². The molecule has 6 heavy (non-hydrogen) atoms. The summed E-state index contributed by atoms with van der Waals surface area (Å²) in [4.78, 5) is 0. The number of hydrogen-bond donors (Lipinski definition) is 1. The normalized spacial score (nSPS) is 4.00. The third-order valence-corrected chi connectivity index (χ3v) is 0. The second-order valence-corrected chi connectivity index (χ2v) is 21.8. The van der Waals surface area contributed by atoms with Crippen LogP contribution in [0.15, 0.2) is 0 Å². The van der Waals surface area contributed by atoms with Crippen molar-refractivity contribution in [3.8, 4) is 0 Å². The summed E-state index contributed by atoms with van der Waals surface area (Å²) in [5.41, 5.74) is 4.50. The van der Waals surface area contributed by atoms with E-state index < -0.39 is 0 Å². The maximum absolute atomic E-state index is 4.50. The predicted octanol–water partition coefficient (Wildman–Crippen LogP) is 0.277. The molecule has 0 atom stereocenters. The van der Waals surface area contributed by atoms with Crippen molar-refractivity contribution in [3.63, 3.8) is 0 Å². The first-order valence-electron chi connectivity index (χ1n) is 0.955. The summed E-state index contributed by atoms with van der Waals surface area (Å²) >= 11 is 5.59. The molecule has 0 rings (SSSR count). The zero-order valence-corrected chi connectivity index (χ0v) is 10.5. The Labute approximate surface area is 124 Å². The van der Waals surface area contributed by atoms with Gasteiger partial charge in [-0.25, -0.2) is 0 Å². The third kappa shape index (κ3) is 24.2. The van der Waals surface area contributed by atoms with Gasteiger partial charge in [-0.1, -0.05) is 0 Å².